The Morgan fingerprint density at radius 1 is 1.07 bits per heavy atom. The van der Waals surface area contributed by atoms with Crippen molar-refractivity contribution in [2.24, 2.45) is 0 Å². The van der Waals surface area contributed by atoms with Gasteiger partial charge in [0.05, 0.1) is 4.92 Å². The molecule has 1 aromatic heterocycles. The normalized spacial score (nSPS) is 12.3. The summed E-state index contributed by atoms with van der Waals surface area (Å²) >= 11 is 6.14. The van der Waals surface area contributed by atoms with E-state index >= 15 is 0 Å². The molecule has 0 saturated heterocycles. The molecule has 2 aromatic carbocycles. The molecule has 0 aliphatic carbocycles. The Labute approximate surface area is 170 Å². The van der Waals surface area contributed by atoms with Crippen molar-refractivity contribution in [1.82, 2.24) is 9.97 Å². The number of nitrogens with one attached hydrogen (secondary N) is 2. The third-order valence-electron chi connectivity index (χ3n) is 4.33. The lowest BCUT2D eigenvalue weighted by atomic mass is 10.2. The SMILES string of the molecule is Cc1c(Cl)cccc1Nc1ncnc(Nc2ccc3c(c2)OCCO3)c1[N+](=O)[O-]. The molecule has 0 bridgehead atoms. The third-order valence-corrected chi connectivity index (χ3v) is 4.74. The van der Waals surface area contributed by atoms with Crippen molar-refractivity contribution in [3.05, 3.63) is 63.4 Å². The van der Waals surface area contributed by atoms with E-state index in [1.54, 1.807) is 36.4 Å². The summed E-state index contributed by atoms with van der Waals surface area (Å²) in [4.78, 5) is 19.3. The van der Waals surface area contributed by atoms with Crippen LogP contribution in [0, 0.1) is 17.0 Å². The Hall–Kier alpha value is -3.59. The minimum absolute atomic E-state index is 0.0452. The lowest BCUT2D eigenvalue weighted by molar-refractivity contribution is -0.383. The highest BCUT2D eigenvalue weighted by molar-refractivity contribution is 6.31. The zero-order chi connectivity index (χ0) is 20.4. The minimum Gasteiger partial charge on any atom is -0.486 e. The van der Waals surface area contributed by atoms with Gasteiger partial charge < -0.3 is 20.1 Å². The van der Waals surface area contributed by atoms with Crippen LogP contribution in [0.1, 0.15) is 5.56 Å². The third kappa shape index (κ3) is 3.85. The fourth-order valence-electron chi connectivity index (χ4n) is 2.86. The second-order valence-electron chi connectivity index (χ2n) is 6.20. The summed E-state index contributed by atoms with van der Waals surface area (Å²) < 4.78 is 11.0. The van der Waals surface area contributed by atoms with Gasteiger partial charge >= 0.3 is 5.69 Å². The standard InChI is InChI=1S/C19H16ClN5O4/c1-11-13(20)3-2-4-14(11)24-19-17(25(26)27)18(21-10-22-19)23-12-5-6-15-16(9-12)29-8-7-28-15/h2-6,9-10H,7-8H2,1H3,(H2,21,22,23,24). The highest BCUT2D eigenvalue weighted by atomic mass is 35.5. The average Bonchev–Trinajstić information content (AvgIpc) is 2.71. The van der Waals surface area contributed by atoms with Gasteiger partial charge in [-0.1, -0.05) is 17.7 Å². The molecule has 4 rings (SSSR count). The zero-order valence-corrected chi connectivity index (χ0v) is 16.1. The van der Waals surface area contributed by atoms with Gasteiger partial charge in [-0.15, -0.1) is 0 Å². The lowest BCUT2D eigenvalue weighted by Gasteiger charge is -2.19. The first-order valence-corrected chi connectivity index (χ1v) is 9.09. The molecule has 0 unspecified atom stereocenters. The Kier molecular flexibility index (Phi) is 5.05. The van der Waals surface area contributed by atoms with E-state index in [-0.39, 0.29) is 17.3 Å². The molecule has 0 spiro atoms. The number of fused-ring (bicyclic) bond motifs is 1. The van der Waals surface area contributed by atoms with Gasteiger partial charge in [-0.2, -0.15) is 0 Å². The van der Waals surface area contributed by atoms with E-state index in [2.05, 4.69) is 20.6 Å². The van der Waals surface area contributed by atoms with Crippen LogP contribution in [0.3, 0.4) is 0 Å². The number of anilines is 4. The van der Waals surface area contributed by atoms with E-state index in [1.165, 1.54) is 6.33 Å². The van der Waals surface area contributed by atoms with E-state index in [1.807, 2.05) is 6.92 Å². The summed E-state index contributed by atoms with van der Waals surface area (Å²) in [5.41, 5.74) is 1.65. The summed E-state index contributed by atoms with van der Waals surface area (Å²) in [5.74, 6) is 1.28. The van der Waals surface area contributed by atoms with Crippen molar-refractivity contribution in [3.8, 4) is 11.5 Å². The van der Waals surface area contributed by atoms with Crippen LogP contribution in [0.15, 0.2) is 42.7 Å². The molecule has 0 saturated carbocycles. The van der Waals surface area contributed by atoms with Crippen LogP contribution in [0.2, 0.25) is 5.02 Å². The first-order chi connectivity index (χ1) is 14.0. The monoisotopic (exact) mass is 413 g/mol. The Morgan fingerprint density at radius 2 is 1.79 bits per heavy atom. The molecular formula is C19H16ClN5O4. The van der Waals surface area contributed by atoms with Crippen LogP contribution in [-0.2, 0) is 0 Å². The molecule has 1 aliphatic rings. The van der Waals surface area contributed by atoms with Gasteiger partial charge in [-0.25, -0.2) is 9.97 Å². The average molecular weight is 414 g/mol. The molecule has 29 heavy (non-hydrogen) atoms. The molecule has 3 aromatic rings. The smallest absolute Gasteiger partial charge is 0.353 e. The van der Waals surface area contributed by atoms with Gasteiger partial charge in [-0.05, 0) is 36.8 Å². The fraction of sp³-hybridized carbons (Fsp3) is 0.158. The number of halogens is 1. The number of hydrogen-bond donors (Lipinski definition) is 2. The van der Waals surface area contributed by atoms with Crippen molar-refractivity contribution >= 4 is 40.3 Å². The van der Waals surface area contributed by atoms with Crippen LogP contribution < -0.4 is 20.1 Å². The van der Waals surface area contributed by atoms with Gasteiger partial charge in [0.1, 0.15) is 19.5 Å². The molecule has 9 nitrogen and oxygen atoms in total. The fourth-order valence-corrected chi connectivity index (χ4v) is 3.04. The quantitative estimate of drug-likeness (QED) is 0.461. The maximum absolute atomic E-state index is 11.8. The molecule has 10 heteroatoms. The highest BCUT2D eigenvalue weighted by Crippen LogP contribution is 2.37. The van der Waals surface area contributed by atoms with Crippen LogP contribution in [0.5, 0.6) is 11.5 Å². The van der Waals surface area contributed by atoms with Gasteiger partial charge in [-0.3, -0.25) is 10.1 Å². The molecular weight excluding hydrogens is 398 g/mol. The van der Waals surface area contributed by atoms with Crippen molar-refractivity contribution in [2.45, 2.75) is 6.92 Å². The summed E-state index contributed by atoms with van der Waals surface area (Å²) in [6.45, 7) is 2.73. The maximum atomic E-state index is 11.8. The van der Waals surface area contributed by atoms with E-state index in [9.17, 15) is 10.1 Å². The van der Waals surface area contributed by atoms with E-state index in [4.69, 9.17) is 21.1 Å². The molecule has 1 aliphatic heterocycles. The highest BCUT2D eigenvalue weighted by Gasteiger charge is 2.24. The van der Waals surface area contributed by atoms with Gasteiger partial charge in [0.25, 0.3) is 0 Å². The largest absolute Gasteiger partial charge is 0.486 e. The molecule has 0 radical (unpaired) electrons. The van der Waals surface area contributed by atoms with Crippen molar-refractivity contribution in [3.63, 3.8) is 0 Å². The topological polar surface area (TPSA) is 111 Å². The van der Waals surface area contributed by atoms with Crippen molar-refractivity contribution in [1.29, 1.82) is 0 Å². The minimum atomic E-state index is -0.539. The number of nitrogens with zero attached hydrogens (tertiary/aromatic N) is 3. The molecule has 2 N–H and O–H groups in total. The second-order valence-corrected chi connectivity index (χ2v) is 6.60. The van der Waals surface area contributed by atoms with Crippen LogP contribution in [0.4, 0.5) is 28.7 Å². The van der Waals surface area contributed by atoms with Crippen LogP contribution in [0.25, 0.3) is 0 Å². The first-order valence-electron chi connectivity index (χ1n) is 8.71. The summed E-state index contributed by atoms with van der Waals surface area (Å²) in [5, 5.41) is 18.3. The van der Waals surface area contributed by atoms with Crippen LogP contribution >= 0.6 is 11.6 Å². The molecule has 2 heterocycles. The molecule has 148 valence electrons. The predicted octanol–water partition coefficient (Wildman–Crippen LogP) is 4.61. The number of aromatic nitrogens is 2. The predicted molar refractivity (Wildman–Crippen MR) is 109 cm³/mol. The molecule has 0 fully saturated rings. The van der Waals surface area contributed by atoms with E-state index < -0.39 is 4.92 Å². The lowest BCUT2D eigenvalue weighted by Crippen LogP contribution is -2.15. The van der Waals surface area contributed by atoms with Gasteiger partial charge in [0.15, 0.2) is 11.5 Å². The van der Waals surface area contributed by atoms with E-state index in [0.29, 0.717) is 41.1 Å². The van der Waals surface area contributed by atoms with Gasteiger partial charge in [0.2, 0.25) is 11.6 Å². The number of benzene rings is 2. The zero-order valence-electron chi connectivity index (χ0n) is 15.3. The number of ether oxygens (including phenoxy) is 2. The molecule has 0 amide bonds. The van der Waals surface area contributed by atoms with Crippen LogP contribution in [-0.4, -0.2) is 28.1 Å². The Bertz CT molecular complexity index is 1090. The summed E-state index contributed by atoms with van der Waals surface area (Å²) in [6, 6.07) is 10.4. The maximum Gasteiger partial charge on any atom is 0.353 e. The van der Waals surface area contributed by atoms with Crippen molar-refractivity contribution in [2.75, 3.05) is 23.8 Å². The summed E-state index contributed by atoms with van der Waals surface area (Å²) in [6.07, 6.45) is 1.25. The Morgan fingerprint density at radius 3 is 2.55 bits per heavy atom. The number of rotatable bonds is 5. The van der Waals surface area contributed by atoms with E-state index in [0.717, 1.165) is 5.56 Å². The van der Waals surface area contributed by atoms with Crippen molar-refractivity contribution < 1.29 is 14.4 Å². The molecule has 0 atom stereocenters. The summed E-state index contributed by atoms with van der Waals surface area (Å²) in [7, 11) is 0. The Balaban J connectivity index is 1.68. The number of hydrogen-bond acceptors (Lipinski definition) is 8. The first kappa shape index (κ1) is 18.8. The number of nitro groups is 1. The second kappa shape index (κ2) is 7.80. The van der Waals surface area contributed by atoms with Gasteiger partial charge in [0, 0.05) is 22.5 Å².